The molecule has 5 nitrogen and oxygen atoms in total. The van der Waals surface area contributed by atoms with Crippen LogP contribution in [-0.2, 0) is 0 Å². The van der Waals surface area contributed by atoms with Crippen molar-refractivity contribution < 1.29 is 4.79 Å². The highest BCUT2D eigenvalue weighted by molar-refractivity contribution is 5.98. The zero-order chi connectivity index (χ0) is 18.6. The van der Waals surface area contributed by atoms with Gasteiger partial charge in [-0.3, -0.25) is 14.7 Å². The predicted molar refractivity (Wildman–Crippen MR) is 119 cm³/mol. The molecule has 0 N–H and O–H groups in total. The Hall–Kier alpha value is -2.65. The van der Waals surface area contributed by atoms with E-state index in [1.165, 1.54) is 0 Å². The van der Waals surface area contributed by atoms with Gasteiger partial charge in [0.05, 0.1) is 6.07 Å². The summed E-state index contributed by atoms with van der Waals surface area (Å²) in [6.45, 7) is 2.58. The summed E-state index contributed by atoms with van der Waals surface area (Å²) in [5.41, 5.74) is 1.61. The van der Waals surface area contributed by atoms with Crippen LogP contribution in [0.3, 0.4) is 0 Å². The molecule has 0 saturated carbocycles. The fourth-order valence-electron chi connectivity index (χ4n) is 3.59. The van der Waals surface area contributed by atoms with Gasteiger partial charge in [0.15, 0.2) is 0 Å². The van der Waals surface area contributed by atoms with Crippen molar-refractivity contribution in [1.82, 2.24) is 14.8 Å². The molecule has 1 aromatic heterocycles. The number of piperazine rings is 1. The number of halogens is 2. The maximum Gasteiger partial charge on any atom is 0.253 e. The second-order valence-electron chi connectivity index (χ2n) is 6.71. The molecule has 1 fully saturated rings. The number of hydrogen-bond donors (Lipinski definition) is 0. The van der Waals surface area contributed by atoms with Crippen LogP contribution in [0.4, 0.5) is 0 Å². The van der Waals surface area contributed by atoms with Gasteiger partial charge in [0.25, 0.3) is 5.91 Å². The van der Waals surface area contributed by atoms with Gasteiger partial charge in [-0.25, -0.2) is 0 Å². The van der Waals surface area contributed by atoms with Gasteiger partial charge < -0.3 is 4.90 Å². The Balaban J connectivity index is 0.00000150. The number of fused-ring (bicyclic) bond motifs is 1. The van der Waals surface area contributed by atoms with Crippen LogP contribution in [0.5, 0.6) is 0 Å². The zero-order valence-electron chi connectivity index (χ0n) is 15.8. The molecule has 1 saturated heterocycles. The van der Waals surface area contributed by atoms with E-state index in [0.717, 1.165) is 16.3 Å². The van der Waals surface area contributed by atoms with Gasteiger partial charge in [-0.15, -0.1) is 24.8 Å². The summed E-state index contributed by atoms with van der Waals surface area (Å²) in [4.78, 5) is 21.0. The molecule has 2 heterocycles. The molecule has 29 heavy (non-hydrogen) atoms. The molecule has 4 rings (SSSR count). The van der Waals surface area contributed by atoms with Crippen molar-refractivity contribution in [1.29, 1.82) is 5.26 Å². The molecule has 0 spiro atoms. The fourth-order valence-corrected chi connectivity index (χ4v) is 3.59. The molecule has 0 radical (unpaired) electrons. The molecule has 1 atom stereocenters. The predicted octanol–water partition coefficient (Wildman–Crippen LogP) is 4.10. The van der Waals surface area contributed by atoms with Crippen molar-refractivity contribution in [2.45, 2.75) is 6.04 Å². The Kier molecular flexibility index (Phi) is 7.98. The van der Waals surface area contributed by atoms with Crippen molar-refractivity contribution in [2.75, 3.05) is 26.2 Å². The number of hydrogen-bond acceptors (Lipinski definition) is 4. The number of carbonyl (C=O) groups excluding carboxylic acids is 1. The summed E-state index contributed by atoms with van der Waals surface area (Å²) in [6.07, 6.45) is 3.44. The second kappa shape index (κ2) is 10.2. The van der Waals surface area contributed by atoms with Gasteiger partial charge in [-0.1, -0.05) is 36.4 Å². The number of benzene rings is 2. The highest BCUT2D eigenvalue weighted by Gasteiger charge is 2.27. The standard InChI is InChI=1S/C22H20N4O.2ClH/c23-15-21(20-6-3-9-24-16-20)25-10-12-26(13-11-25)22(27)19-8-7-17-4-1-2-5-18(17)14-19;;/h1-9,14,16,21H,10-13H2;2*1H. The van der Waals surface area contributed by atoms with E-state index in [4.69, 9.17) is 0 Å². The SMILES string of the molecule is Cl.Cl.N#CC(c1cccnc1)N1CCN(C(=O)c2ccc3ccccc3c2)CC1. The van der Waals surface area contributed by atoms with E-state index >= 15 is 0 Å². The van der Waals surface area contributed by atoms with Crippen molar-refractivity contribution in [3.05, 3.63) is 78.1 Å². The fraction of sp³-hybridized carbons (Fsp3) is 0.227. The van der Waals surface area contributed by atoms with Crippen molar-refractivity contribution in [2.24, 2.45) is 0 Å². The zero-order valence-corrected chi connectivity index (χ0v) is 17.4. The maximum absolute atomic E-state index is 12.9. The highest BCUT2D eigenvalue weighted by Crippen LogP contribution is 2.22. The van der Waals surface area contributed by atoms with Crippen LogP contribution in [0.25, 0.3) is 10.8 Å². The number of rotatable bonds is 3. The molecule has 3 aromatic rings. The topological polar surface area (TPSA) is 60.2 Å². The molecule has 7 heteroatoms. The van der Waals surface area contributed by atoms with Gasteiger partial charge >= 0.3 is 0 Å². The highest BCUT2D eigenvalue weighted by atomic mass is 35.5. The molecule has 1 amide bonds. The second-order valence-corrected chi connectivity index (χ2v) is 6.71. The monoisotopic (exact) mass is 428 g/mol. The summed E-state index contributed by atoms with van der Waals surface area (Å²) in [6, 6.07) is 19.7. The summed E-state index contributed by atoms with van der Waals surface area (Å²) in [7, 11) is 0. The minimum Gasteiger partial charge on any atom is -0.336 e. The number of amides is 1. The van der Waals surface area contributed by atoms with Crippen LogP contribution in [0.15, 0.2) is 67.0 Å². The number of nitrogens with zero attached hydrogens (tertiary/aromatic N) is 4. The van der Waals surface area contributed by atoms with Gasteiger partial charge in [0.2, 0.25) is 0 Å². The summed E-state index contributed by atoms with van der Waals surface area (Å²) in [5, 5.41) is 11.8. The minimum absolute atomic E-state index is 0. The molecular weight excluding hydrogens is 407 g/mol. The Bertz CT molecular complexity index is 998. The number of pyridine rings is 1. The van der Waals surface area contributed by atoms with Crippen LogP contribution in [0, 0.1) is 11.3 Å². The lowest BCUT2D eigenvalue weighted by molar-refractivity contribution is 0.0606. The van der Waals surface area contributed by atoms with Crippen LogP contribution in [0.2, 0.25) is 0 Å². The molecule has 1 unspecified atom stereocenters. The first kappa shape index (κ1) is 22.6. The molecule has 0 bridgehead atoms. The van der Waals surface area contributed by atoms with Crippen LogP contribution < -0.4 is 0 Å². The van der Waals surface area contributed by atoms with E-state index in [9.17, 15) is 10.1 Å². The van der Waals surface area contributed by atoms with Gasteiger partial charge in [0, 0.05) is 49.7 Å². The molecule has 2 aromatic carbocycles. The number of nitriles is 1. The lowest BCUT2D eigenvalue weighted by atomic mass is 10.1. The molecule has 1 aliphatic heterocycles. The van der Waals surface area contributed by atoms with E-state index in [1.807, 2.05) is 59.5 Å². The first-order valence-electron chi connectivity index (χ1n) is 9.08. The van der Waals surface area contributed by atoms with E-state index in [2.05, 4.69) is 16.0 Å². The largest absolute Gasteiger partial charge is 0.336 e. The van der Waals surface area contributed by atoms with Crippen molar-refractivity contribution in [3.8, 4) is 6.07 Å². The third-order valence-corrected chi connectivity index (χ3v) is 5.09. The van der Waals surface area contributed by atoms with Crippen molar-refractivity contribution in [3.63, 3.8) is 0 Å². The van der Waals surface area contributed by atoms with Crippen LogP contribution in [0.1, 0.15) is 22.0 Å². The normalized spacial score (nSPS) is 14.9. The van der Waals surface area contributed by atoms with Crippen LogP contribution in [-0.4, -0.2) is 46.9 Å². The van der Waals surface area contributed by atoms with Gasteiger partial charge in [0.1, 0.15) is 6.04 Å². The van der Waals surface area contributed by atoms with E-state index in [1.54, 1.807) is 12.4 Å². The summed E-state index contributed by atoms with van der Waals surface area (Å²) >= 11 is 0. The molecule has 0 aliphatic carbocycles. The number of aromatic nitrogens is 1. The average Bonchev–Trinajstić information content (AvgIpc) is 2.75. The van der Waals surface area contributed by atoms with Crippen molar-refractivity contribution >= 4 is 41.5 Å². The Morgan fingerprint density at radius 3 is 2.34 bits per heavy atom. The Morgan fingerprint density at radius 1 is 0.966 bits per heavy atom. The molecular formula is C22H22Cl2N4O. The van der Waals surface area contributed by atoms with E-state index in [-0.39, 0.29) is 36.8 Å². The number of carbonyl (C=O) groups is 1. The first-order valence-corrected chi connectivity index (χ1v) is 9.08. The van der Waals surface area contributed by atoms with Crippen LogP contribution >= 0.6 is 24.8 Å². The van der Waals surface area contributed by atoms with E-state index < -0.39 is 0 Å². The molecule has 1 aliphatic rings. The first-order chi connectivity index (χ1) is 13.3. The average molecular weight is 429 g/mol. The third kappa shape index (κ3) is 4.86. The van der Waals surface area contributed by atoms with Gasteiger partial charge in [-0.05, 0) is 29.0 Å². The quantitative estimate of drug-likeness (QED) is 0.629. The Morgan fingerprint density at radius 2 is 1.69 bits per heavy atom. The smallest absolute Gasteiger partial charge is 0.253 e. The molecule has 150 valence electrons. The summed E-state index contributed by atoms with van der Waals surface area (Å²) in [5.74, 6) is 0.0512. The Labute approximate surface area is 182 Å². The lowest BCUT2D eigenvalue weighted by Gasteiger charge is -2.37. The van der Waals surface area contributed by atoms with E-state index in [0.29, 0.717) is 31.7 Å². The summed E-state index contributed by atoms with van der Waals surface area (Å²) < 4.78 is 0. The third-order valence-electron chi connectivity index (χ3n) is 5.09. The minimum atomic E-state index is -0.323. The maximum atomic E-state index is 12.9. The lowest BCUT2D eigenvalue weighted by Crippen LogP contribution is -2.49. The van der Waals surface area contributed by atoms with Gasteiger partial charge in [-0.2, -0.15) is 5.26 Å².